The predicted octanol–water partition coefficient (Wildman–Crippen LogP) is 2.35. The number of halogens is 1. The number of likely N-dealkylation sites (N-methyl/N-ethyl adjacent to an activating group) is 1. The van der Waals surface area contributed by atoms with Crippen molar-refractivity contribution in [3.63, 3.8) is 0 Å². The van der Waals surface area contributed by atoms with Gasteiger partial charge in [0.1, 0.15) is 0 Å². The van der Waals surface area contributed by atoms with Gasteiger partial charge in [-0.2, -0.15) is 0 Å². The number of nitrogens with one attached hydrogen (secondary N) is 3. The van der Waals surface area contributed by atoms with E-state index in [-0.39, 0.29) is 17.8 Å². The van der Waals surface area contributed by atoms with Gasteiger partial charge in [0.15, 0.2) is 5.69 Å². The van der Waals surface area contributed by atoms with Gasteiger partial charge in [-0.3, -0.25) is 9.59 Å². The summed E-state index contributed by atoms with van der Waals surface area (Å²) in [7, 11) is 1.71. The van der Waals surface area contributed by atoms with Crippen molar-refractivity contribution in [1.82, 2.24) is 30.1 Å². The van der Waals surface area contributed by atoms with Crippen LogP contribution >= 0.6 is 11.6 Å². The number of carbonyl (C=O) groups excluding carboxylic acids is 2. The van der Waals surface area contributed by atoms with E-state index in [1.54, 1.807) is 16.8 Å². The highest BCUT2D eigenvalue weighted by molar-refractivity contribution is 6.31. The summed E-state index contributed by atoms with van der Waals surface area (Å²) < 4.78 is 0. The second-order valence-corrected chi connectivity index (χ2v) is 8.05. The minimum absolute atomic E-state index is 0.130. The predicted molar refractivity (Wildman–Crippen MR) is 117 cm³/mol. The van der Waals surface area contributed by atoms with E-state index < -0.39 is 11.5 Å². The van der Waals surface area contributed by atoms with Crippen LogP contribution in [0, 0.1) is 0 Å². The number of piperidine rings is 1. The minimum atomic E-state index is -0.514. The maximum absolute atomic E-state index is 12.7. The fourth-order valence-electron chi connectivity index (χ4n) is 3.83. The second-order valence-electron chi connectivity index (χ2n) is 7.61. The molecule has 10 heteroatoms. The van der Waals surface area contributed by atoms with Crippen molar-refractivity contribution in [2.45, 2.75) is 25.4 Å². The fourth-order valence-corrected chi connectivity index (χ4v) is 4.01. The van der Waals surface area contributed by atoms with Crippen LogP contribution in [0.1, 0.15) is 29.0 Å². The lowest BCUT2D eigenvalue weighted by atomic mass is 10.0. The van der Waals surface area contributed by atoms with E-state index >= 15 is 0 Å². The zero-order chi connectivity index (χ0) is 22.0. The standard InChI is InChI=1S/C21H23ClN6O3/c1-27(21(31)25-11-15-10-13-9-14(22)4-5-17(13)26-15)16-3-2-8-28(12-16)20(30)18-19(29)24-7-6-23-18/h4-7,9-10,16,26H,2-3,8,11-12H2,1H3,(H,24,29)(H,25,31). The van der Waals surface area contributed by atoms with Gasteiger partial charge in [-0.15, -0.1) is 0 Å². The quantitative estimate of drug-likeness (QED) is 0.575. The molecule has 31 heavy (non-hydrogen) atoms. The van der Waals surface area contributed by atoms with Crippen molar-refractivity contribution in [1.29, 1.82) is 0 Å². The number of hydrogen-bond acceptors (Lipinski definition) is 4. The van der Waals surface area contributed by atoms with Crippen LogP contribution in [0.3, 0.4) is 0 Å². The van der Waals surface area contributed by atoms with Gasteiger partial charge >= 0.3 is 6.03 Å². The Labute approximate surface area is 183 Å². The molecule has 162 valence electrons. The lowest BCUT2D eigenvalue weighted by Gasteiger charge is -2.37. The van der Waals surface area contributed by atoms with Crippen molar-refractivity contribution in [3.8, 4) is 0 Å². The molecule has 1 aliphatic rings. The molecule has 3 N–H and O–H groups in total. The maximum Gasteiger partial charge on any atom is 0.317 e. The molecule has 0 spiro atoms. The van der Waals surface area contributed by atoms with Gasteiger partial charge in [-0.25, -0.2) is 9.78 Å². The highest BCUT2D eigenvalue weighted by Crippen LogP contribution is 2.20. The Kier molecular flexibility index (Phi) is 5.94. The van der Waals surface area contributed by atoms with E-state index in [4.69, 9.17) is 11.6 Å². The Bertz CT molecular complexity index is 1170. The molecule has 3 heterocycles. The molecule has 0 radical (unpaired) electrons. The van der Waals surface area contributed by atoms with Gasteiger partial charge in [0.2, 0.25) is 0 Å². The Morgan fingerprint density at radius 2 is 2.19 bits per heavy atom. The number of urea groups is 1. The highest BCUT2D eigenvalue weighted by atomic mass is 35.5. The first-order chi connectivity index (χ1) is 14.9. The smallest absolute Gasteiger partial charge is 0.317 e. The molecule has 1 fully saturated rings. The molecule has 3 amide bonds. The number of nitrogens with zero attached hydrogens (tertiary/aromatic N) is 3. The molecule has 0 aliphatic carbocycles. The van der Waals surface area contributed by atoms with Gasteiger partial charge in [0.25, 0.3) is 11.5 Å². The Balaban J connectivity index is 1.37. The van der Waals surface area contributed by atoms with Crippen molar-refractivity contribution in [2.24, 2.45) is 0 Å². The summed E-state index contributed by atoms with van der Waals surface area (Å²) in [6.45, 7) is 1.22. The van der Waals surface area contributed by atoms with E-state index in [9.17, 15) is 14.4 Å². The highest BCUT2D eigenvalue weighted by Gasteiger charge is 2.30. The molecule has 1 unspecified atom stereocenters. The van der Waals surface area contributed by atoms with Crippen LogP contribution in [-0.2, 0) is 6.54 Å². The van der Waals surface area contributed by atoms with Crippen molar-refractivity contribution < 1.29 is 9.59 Å². The van der Waals surface area contributed by atoms with E-state index in [2.05, 4.69) is 20.3 Å². The van der Waals surface area contributed by atoms with Crippen molar-refractivity contribution >= 4 is 34.4 Å². The number of benzene rings is 1. The van der Waals surface area contributed by atoms with Crippen molar-refractivity contribution in [3.05, 3.63) is 63.4 Å². The SMILES string of the molecule is CN(C(=O)NCc1cc2cc(Cl)ccc2[nH]1)C1CCCN(C(=O)c2ncc[nH]c2=O)C1. The summed E-state index contributed by atoms with van der Waals surface area (Å²) in [6, 6.07) is 7.15. The maximum atomic E-state index is 12.7. The minimum Gasteiger partial charge on any atom is -0.357 e. The molecule has 1 aromatic carbocycles. The third-order valence-electron chi connectivity index (χ3n) is 5.53. The number of carbonyl (C=O) groups is 2. The number of hydrogen-bond donors (Lipinski definition) is 3. The van der Waals surface area contributed by atoms with Crippen LogP contribution in [0.2, 0.25) is 5.02 Å². The summed E-state index contributed by atoms with van der Waals surface area (Å²) in [5.74, 6) is -0.419. The number of fused-ring (bicyclic) bond motifs is 1. The summed E-state index contributed by atoms with van der Waals surface area (Å²) in [4.78, 5) is 50.1. The molecule has 9 nitrogen and oxygen atoms in total. The molecule has 1 aliphatic heterocycles. The van der Waals surface area contributed by atoms with E-state index in [0.29, 0.717) is 24.7 Å². The molecule has 0 saturated carbocycles. The summed E-state index contributed by atoms with van der Waals surface area (Å²) >= 11 is 6.02. The molecular formula is C21H23ClN6O3. The Morgan fingerprint density at radius 3 is 3.00 bits per heavy atom. The largest absolute Gasteiger partial charge is 0.357 e. The molecule has 2 aromatic heterocycles. The summed E-state index contributed by atoms with van der Waals surface area (Å²) in [6.07, 6.45) is 4.28. The fraction of sp³-hybridized carbons (Fsp3) is 0.333. The molecule has 1 saturated heterocycles. The molecule has 1 atom stereocenters. The van der Waals surface area contributed by atoms with E-state index in [0.717, 1.165) is 29.4 Å². The average molecular weight is 443 g/mol. The first-order valence-electron chi connectivity index (χ1n) is 10.0. The van der Waals surface area contributed by atoms with Crippen LogP contribution in [0.25, 0.3) is 10.9 Å². The zero-order valence-corrected chi connectivity index (χ0v) is 17.8. The Hall–Kier alpha value is -3.33. The normalized spacial score (nSPS) is 16.3. The van der Waals surface area contributed by atoms with Gasteiger partial charge in [-0.05, 0) is 37.1 Å². The topological polar surface area (TPSA) is 114 Å². The van der Waals surface area contributed by atoms with Crippen LogP contribution in [-0.4, -0.2) is 62.9 Å². The Morgan fingerprint density at radius 1 is 1.35 bits per heavy atom. The first-order valence-corrected chi connectivity index (χ1v) is 10.4. The van der Waals surface area contributed by atoms with Gasteiger partial charge in [-0.1, -0.05) is 11.6 Å². The number of aromatic amines is 2. The number of aromatic nitrogens is 3. The van der Waals surface area contributed by atoms with Gasteiger partial charge in [0.05, 0.1) is 12.6 Å². The molecule has 3 aromatic rings. The van der Waals surface area contributed by atoms with Gasteiger partial charge in [0, 0.05) is 54.2 Å². The summed E-state index contributed by atoms with van der Waals surface area (Å²) in [5, 5.41) is 4.55. The average Bonchev–Trinajstić information content (AvgIpc) is 3.19. The monoisotopic (exact) mass is 442 g/mol. The number of rotatable bonds is 4. The molecule has 4 rings (SSSR count). The number of amides is 3. The lowest BCUT2D eigenvalue weighted by molar-refractivity contribution is 0.0628. The summed E-state index contributed by atoms with van der Waals surface area (Å²) in [5.41, 5.74) is 1.18. The van der Waals surface area contributed by atoms with Crippen LogP contribution in [0.4, 0.5) is 4.79 Å². The number of likely N-dealkylation sites (tertiary alicyclic amines) is 1. The lowest BCUT2D eigenvalue weighted by Crippen LogP contribution is -2.53. The first kappa shape index (κ1) is 20.9. The van der Waals surface area contributed by atoms with E-state index in [1.165, 1.54) is 12.4 Å². The van der Waals surface area contributed by atoms with Crippen LogP contribution in [0.15, 0.2) is 41.5 Å². The molecular weight excluding hydrogens is 420 g/mol. The van der Waals surface area contributed by atoms with Crippen molar-refractivity contribution in [2.75, 3.05) is 20.1 Å². The second kappa shape index (κ2) is 8.81. The van der Waals surface area contributed by atoms with Gasteiger partial charge < -0.3 is 25.1 Å². The number of H-pyrrole nitrogens is 2. The zero-order valence-electron chi connectivity index (χ0n) is 17.0. The third kappa shape index (κ3) is 4.56. The molecule has 0 bridgehead atoms. The van der Waals surface area contributed by atoms with Crippen LogP contribution in [0.5, 0.6) is 0 Å². The van der Waals surface area contributed by atoms with E-state index in [1.807, 2.05) is 24.3 Å². The van der Waals surface area contributed by atoms with Crippen LogP contribution < -0.4 is 10.9 Å². The third-order valence-corrected chi connectivity index (χ3v) is 5.77.